The summed E-state index contributed by atoms with van der Waals surface area (Å²) in [5.41, 5.74) is 0.336. The van der Waals surface area contributed by atoms with Crippen molar-refractivity contribution in [1.29, 1.82) is 0 Å². The molecule has 0 radical (unpaired) electrons. The molecular weight excluding hydrogens is 326 g/mol. The molecule has 1 saturated heterocycles. The maximum absolute atomic E-state index is 12.4. The summed E-state index contributed by atoms with van der Waals surface area (Å²) in [5, 5.41) is 0. The molecule has 1 fully saturated rings. The molecule has 0 saturated carbocycles. The number of hydrogen-bond acceptors (Lipinski definition) is 5. The number of hydrogen-bond donors (Lipinski definition) is 0. The molecule has 1 heterocycles. The van der Waals surface area contributed by atoms with Crippen LogP contribution in [-0.4, -0.2) is 48.8 Å². The van der Waals surface area contributed by atoms with E-state index in [2.05, 4.69) is 0 Å². The number of likely N-dealkylation sites (tertiary alicyclic amines) is 1. The van der Waals surface area contributed by atoms with E-state index in [0.717, 1.165) is 24.2 Å². The summed E-state index contributed by atoms with van der Waals surface area (Å²) in [6, 6.07) is 5.67. The number of carbonyl (C=O) groups excluding carboxylic acids is 2. The second-order valence-electron chi connectivity index (χ2n) is 6.07. The summed E-state index contributed by atoms with van der Waals surface area (Å²) in [4.78, 5) is 27.6. The second kappa shape index (κ2) is 8.42. The van der Waals surface area contributed by atoms with Crippen molar-refractivity contribution in [2.24, 2.45) is 0 Å². The van der Waals surface area contributed by atoms with Gasteiger partial charge in [0.1, 0.15) is 11.3 Å². The van der Waals surface area contributed by atoms with Gasteiger partial charge in [-0.2, -0.15) is 0 Å². The maximum Gasteiger partial charge on any atom is 0.342 e. The van der Waals surface area contributed by atoms with Crippen LogP contribution in [0.25, 0.3) is 0 Å². The van der Waals surface area contributed by atoms with Crippen molar-refractivity contribution in [3.8, 4) is 5.75 Å². The minimum atomic E-state index is -0.537. The number of thioether (sulfide) groups is 1. The molecular formula is C18H25NO4S. The largest absolute Gasteiger partial charge is 0.496 e. The summed E-state index contributed by atoms with van der Waals surface area (Å²) in [6.45, 7) is 3.85. The topological polar surface area (TPSA) is 55.8 Å². The molecule has 0 aromatic heterocycles. The highest BCUT2D eigenvalue weighted by Gasteiger charge is 2.29. The van der Waals surface area contributed by atoms with Gasteiger partial charge in [-0.05, 0) is 57.6 Å². The first kappa shape index (κ1) is 18.6. The van der Waals surface area contributed by atoms with Crippen molar-refractivity contribution in [2.45, 2.75) is 50.1 Å². The average Bonchev–Trinajstić information content (AvgIpc) is 2.58. The van der Waals surface area contributed by atoms with E-state index in [1.54, 1.807) is 23.9 Å². The van der Waals surface area contributed by atoms with Gasteiger partial charge in [0.15, 0.2) is 6.61 Å². The lowest BCUT2D eigenvalue weighted by Gasteiger charge is -2.38. The molecule has 0 N–H and O–H groups in total. The molecule has 0 bridgehead atoms. The average molecular weight is 351 g/mol. The van der Waals surface area contributed by atoms with Gasteiger partial charge >= 0.3 is 5.97 Å². The van der Waals surface area contributed by atoms with E-state index in [0.29, 0.717) is 11.3 Å². The van der Waals surface area contributed by atoms with Crippen LogP contribution in [0.15, 0.2) is 23.1 Å². The highest BCUT2D eigenvalue weighted by Crippen LogP contribution is 2.26. The van der Waals surface area contributed by atoms with Crippen molar-refractivity contribution in [3.05, 3.63) is 23.8 Å². The van der Waals surface area contributed by atoms with Gasteiger partial charge in [-0.1, -0.05) is 0 Å². The molecule has 1 aliphatic heterocycles. The predicted molar refractivity (Wildman–Crippen MR) is 94.7 cm³/mol. The molecule has 1 aliphatic rings. The van der Waals surface area contributed by atoms with Crippen molar-refractivity contribution in [1.82, 2.24) is 4.90 Å². The molecule has 24 heavy (non-hydrogen) atoms. The molecule has 2 atom stereocenters. The van der Waals surface area contributed by atoms with E-state index in [1.165, 1.54) is 7.11 Å². The van der Waals surface area contributed by atoms with Gasteiger partial charge in [0, 0.05) is 17.0 Å². The van der Waals surface area contributed by atoms with Crippen LogP contribution in [0.5, 0.6) is 5.75 Å². The van der Waals surface area contributed by atoms with Crippen LogP contribution < -0.4 is 4.74 Å². The summed E-state index contributed by atoms with van der Waals surface area (Å²) < 4.78 is 10.5. The summed E-state index contributed by atoms with van der Waals surface area (Å²) in [5.74, 6) is -0.216. The number of amides is 1. The van der Waals surface area contributed by atoms with Crippen LogP contribution in [0.1, 0.15) is 43.5 Å². The third kappa shape index (κ3) is 4.23. The van der Waals surface area contributed by atoms with Gasteiger partial charge in [-0.3, -0.25) is 4.79 Å². The van der Waals surface area contributed by atoms with E-state index < -0.39 is 5.97 Å². The van der Waals surface area contributed by atoms with Crippen molar-refractivity contribution in [3.63, 3.8) is 0 Å². The maximum atomic E-state index is 12.4. The van der Waals surface area contributed by atoms with Crippen LogP contribution in [0.2, 0.25) is 0 Å². The number of ether oxygens (including phenoxy) is 2. The quantitative estimate of drug-likeness (QED) is 0.601. The lowest BCUT2D eigenvalue weighted by Crippen LogP contribution is -2.49. The number of methoxy groups -OCH3 is 1. The monoisotopic (exact) mass is 351 g/mol. The second-order valence-corrected chi connectivity index (χ2v) is 6.95. The minimum Gasteiger partial charge on any atom is -0.496 e. The zero-order valence-electron chi connectivity index (χ0n) is 14.7. The molecule has 0 unspecified atom stereocenters. The highest BCUT2D eigenvalue weighted by molar-refractivity contribution is 7.98. The van der Waals surface area contributed by atoms with Gasteiger partial charge in [0.05, 0.1) is 7.11 Å². The Balaban J connectivity index is 2.01. The molecule has 0 aliphatic carbocycles. The third-order valence-corrected chi connectivity index (χ3v) is 5.16. The smallest absolute Gasteiger partial charge is 0.342 e. The molecule has 1 aromatic rings. The predicted octanol–water partition coefficient (Wildman–Crippen LogP) is 3.36. The Morgan fingerprint density at radius 1 is 1.25 bits per heavy atom. The standard InChI is InChI=1S/C18H25NO4S/c1-12-6-5-7-13(2)19(12)17(20)11-23-18(21)15-9-8-14(24-4)10-16(15)22-3/h8-10,12-13H,5-7,11H2,1-4H3/t12-,13-/m1/s1. The zero-order valence-corrected chi connectivity index (χ0v) is 15.5. The lowest BCUT2D eigenvalue weighted by atomic mass is 9.97. The normalized spacial score (nSPS) is 20.6. The fourth-order valence-electron chi connectivity index (χ4n) is 3.16. The van der Waals surface area contributed by atoms with Gasteiger partial charge < -0.3 is 14.4 Å². The summed E-state index contributed by atoms with van der Waals surface area (Å²) in [6.07, 6.45) is 5.07. The van der Waals surface area contributed by atoms with Crippen molar-refractivity contribution in [2.75, 3.05) is 20.0 Å². The van der Waals surface area contributed by atoms with Gasteiger partial charge in [0.25, 0.3) is 5.91 Å². The summed E-state index contributed by atoms with van der Waals surface area (Å²) >= 11 is 1.56. The number of carbonyl (C=O) groups is 2. The Morgan fingerprint density at radius 2 is 1.92 bits per heavy atom. The molecule has 1 amide bonds. The highest BCUT2D eigenvalue weighted by atomic mass is 32.2. The van der Waals surface area contributed by atoms with Crippen LogP contribution in [0, 0.1) is 0 Å². The first-order valence-electron chi connectivity index (χ1n) is 8.18. The first-order chi connectivity index (χ1) is 11.5. The SMILES string of the molecule is COc1cc(SC)ccc1C(=O)OCC(=O)N1[C@H](C)CCC[C@H]1C. The van der Waals surface area contributed by atoms with Gasteiger partial charge in [0.2, 0.25) is 0 Å². The van der Waals surface area contributed by atoms with E-state index in [-0.39, 0.29) is 24.6 Å². The Morgan fingerprint density at radius 3 is 2.50 bits per heavy atom. The Hall–Kier alpha value is -1.69. The van der Waals surface area contributed by atoms with E-state index in [9.17, 15) is 9.59 Å². The number of benzene rings is 1. The number of esters is 1. The van der Waals surface area contributed by atoms with Crippen LogP contribution >= 0.6 is 11.8 Å². The van der Waals surface area contributed by atoms with E-state index in [4.69, 9.17) is 9.47 Å². The molecule has 1 aromatic carbocycles. The van der Waals surface area contributed by atoms with Crippen molar-refractivity contribution < 1.29 is 19.1 Å². The molecule has 5 nitrogen and oxygen atoms in total. The fourth-order valence-corrected chi connectivity index (χ4v) is 3.59. The molecule has 2 rings (SSSR count). The Labute approximate surface area is 147 Å². The van der Waals surface area contributed by atoms with Gasteiger partial charge in [-0.15, -0.1) is 11.8 Å². The van der Waals surface area contributed by atoms with Gasteiger partial charge in [-0.25, -0.2) is 4.79 Å². The Kier molecular flexibility index (Phi) is 6.54. The van der Waals surface area contributed by atoms with E-state index in [1.807, 2.05) is 31.1 Å². The Bertz CT molecular complexity index is 595. The van der Waals surface area contributed by atoms with Crippen LogP contribution in [0.3, 0.4) is 0 Å². The fraction of sp³-hybridized carbons (Fsp3) is 0.556. The number of nitrogens with zero attached hydrogens (tertiary/aromatic N) is 1. The number of piperidine rings is 1. The minimum absolute atomic E-state index is 0.136. The molecule has 6 heteroatoms. The van der Waals surface area contributed by atoms with Crippen molar-refractivity contribution >= 4 is 23.6 Å². The molecule has 0 spiro atoms. The van der Waals surface area contributed by atoms with Crippen LogP contribution in [0.4, 0.5) is 0 Å². The summed E-state index contributed by atoms with van der Waals surface area (Å²) in [7, 11) is 1.51. The zero-order chi connectivity index (χ0) is 17.7. The lowest BCUT2D eigenvalue weighted by molar-refractivity contribution is -0.140. The number of rotatable bonds is 5. The van der Waals surface area contributed by atoms with E-state index >= 15 is 0 Å². The van der Waals surface area contributed by atoms with Crippen LogP contribution in [-0.2, 0) is 9.53 Å². The third-order valence-electron chi connectivity index (χ3n) is 4.44. The first-order valence-corrected chi connectivity index (χ1v) is 9.40. The molecule has 132 valence electrons.